The van der Waals surface area contributed by atoms with Gasteiger partial charge in [0, 0.05) is 6.42 Å². The van der Waals surface area contributed by atoms with Gasteiger partial charge in [0.2, 0.25) is 5.78 Å². The zero-order chi connectivity index (χ0) is 6.69. The minimum atomic E-state index is 0.0938. The number of hydrogen-bond acceptors (Lipinski definition) is 1. The number of carbonyl (C=O) groups excluding carboxylic acids is 1. The maximum atomic E-state index is 10.7. The van der Waals surface area contributed by atoms with Gasteiger partial charge in [-0.15, -0.1) is 0 Å². The van der Waals surface area contributed by atoms with Crippen LogP contribution < -0.4 is 0 Å². The van der Waals surface area contributed by atoms with Gasteiger partial charge in [-0.05, 0) is 18.8 Å². The summed E-state index contributed by atoms with van der Waals surface area (Å²) >= 11 is 0. The van der Waals surface area contributed by atoms with Crippen molar-refractivity contribution in [2.75, 3.05) is 6.54 Å². The van der Waals surface area contributed by atoms with Crippen LogP contribution in [0.25, 0.3) is 4.85 Å². The van der Waals surface area contributed by atoms with Crippen LogP contribution in [0.15, 0.2) is 0 Å². The van der Waals surface area contributed by atoms with E-state index in [1.807, 2.05) is 0 Å². The first kappa shape index (κ1) is 6.28. The highest BCUT2D eigenvalue weighted by molar-refractivity contribution is 5.82. The summed E-state index contributed by atoms with van der Waals surface area (Å²) in [5, 5.41) is 0. The molecule has 0 heterocycles. The van der Waals surface area contributed by atoms with Gasteiger partial charge in [0.15, 0.2) is 0 Å². The molecule has 0 aliphatic heterocycles. The molecule has 48 valence electrons. The Labute approximate surface area is 54.7 Å². The summed E-state index contributed by atoms with van der Waals surface area (Å²) in [5.41, 5.74) is 0. The summed E-state index contributed by atoms with van der Waals surface area (Å²) in [6.07, 6.45) is 3.05. The molecule has 0 aromatic rings. The molecular weight excluding hydrogens is 114 g/mol. The van der Waals surface area contributed by atoms with Gasteiger partial charge in [0.1, 0.15) is 0 Å². The fourth-order valence-corrected chi connectivity index (χ4v) is 0.797. The standard InChI is InChI=1S/C7H9NO/c1-8-5-7(9)4-6-2-3-6/h6H,2-5H2. The Morgan fingerprint density at radius 2 is 2.33 bits per heavy atom. The molecule has 0 saturated heterocycles. The van der Waals surface area contributed by atoms with Crippen molar-refractivity contribution in [3.63, 3.8) is 0 Å². The van der Waals surface area contributed by atoms with Gasteiger partial charge in [-0.2, -0.15) is 0 Å². The smallest absolute Gasteiger partial charge is 0.272 e. The lowest BCUT2D eigenvalue weighted by molar-refractivity contribution is -0.117. The lowest BCUT2D eigenvalue weighted by Gasteiger charge is -1.86. The number of Topliss-reactive ketones (excluding diaryl/α,β-unsaturated/α-hetero) is 1. The molecule has 1 fully saturated rings. The lowest BCUT2D eigenvalue weighted by atomic mass is 10.2. The molecule has 0 aromatic heterocycles. The molecule has 1 aliphatic rings. The van der Waals surface area contributed by atoms with E-state index in [0.29, 0.717) is 12.3 Å². The average Bonchev–Trinajstić information content (AvgIpc) is 2.50. The van der Waals surface area contributed by atoms with Crippen molar-refractivity contribution in [1.29, 1.82) is 0 Å². The van der Waals surface area contributed by atoms with Gasteiger partial charge in [0.25, 0.3) is 6.54 Å². The fourth-order valence-electron chi connectivity index (χ4n) is 0.797. The van der Waals surface area contributed by atoms with Crippen molar-refractivity contribution in [1.82, 2.24) is 0 Å². The summed E-state index contributed by atoms with van der Waals surface area (Å²) in [4.78, 5) is 13.7. The summed E-state index contributed by atoms with van der Waals surface area (Å²) in [7, 11) is 0. The molecule has 0 atom stereocenters. The van der Waals surface area contributed by atoms with Crippen molar-refractivity contribution >= 4 is 5.78 Å². The zero-order valence-corrected chi connectivity index (χ0v) is 5.26. The van der Waals surface area contributed by atoms with Crippen LogP contribution in [0.1, 0.15) is 19.3 Å². The number of nitrogens with zero attached hydrogens (tertiary/aromatic N) is 1. The third-order valence-corrected chi connectivity index (χ3v) is 1.47. The van der Waals surface area contributed by atoms with E-state index in [2.05, 4.69) is 4.85 Å². The molecule has 1 rings (SSSR count). The van der Waals surface area contributed by atoms with Gasteiger partial charge in [0.05, 0.1) is 0 Å². The van der Waals surface area contributed by atoms with Crippen LogP contribution in [0.5, 0.6) is 0 Å². The highest BCUT2D eigenvalue weighted by atomic mass is 16.1. The zero-order valence-electron chi connectivity index (χ0n) is 5.26. The first-order valence-electron chi connectivity index (χ1n) is 3.18. The fraction of sp³-hybridized carbons (Fsp3) is 0.714. The second-order valence-electron chi connectivity index (χ2n) is 2.50. The van der Waals surface area contributed by atoms with E-state index in [0.717, 1.165) is 0 Å². The van der Waals surface area contributed by atoms with E-state index in [1.165, 1.54) is 12.8 Å². The van der Waals surface area contributed by atoms with Crippen LogP contribution in [0, 0.1) is 12.5 Å². The van der Waals surface area contributed by atoms with Crippen molar-refractivity contribution < 1.29 is 4.79 Å². The van der Waals surface area contributed by atoms with Crippen molar-refractivity contribution in [3.8, 4) is 0 Å². The van der Waals surface area contributed by atoms with E-state index in [9.17, 15) is 4.79 Å². The first-order chi connectivity index (χ1) is 4.33. The van der Waals surface area contributed by atoms with Crippen molar-refractivity contribution in [2.24, 2.45) is 5.92 Å². The van der Waals surface area contributed by atoms with Crippen molar-refractivity contribution in [3.05, 3.63) is 11.4 Å². The van der Waals surface area contributed by atoms with Crippen LogP contribution in [0.3, 0.4) is 0 Å². The third-order valence-electron chi connectivity index (χ3n) is 1.47. The molecule has 2 nitrogen and oxygen atoms in total. The average molecular weight is 123 g/mol. The number of rotatable bonds is 3. The quantitative estimate of drug-likeness (QED) is 0.518. The Morgan fingerprint density at radius 3 is 2.78 bits per heavy atom. The Balaban J connectivity index is 2.11. The van der Waals surface area contributed by atoms with Crippen LogP contribution in [0.4, 0.5) is 0 Å². The summed E-state index contributed by atoms with van der Waals surface area (Å²) in [5.74, 6) is 0.756. The molecule has 1 aliphatic carbocycles. The van der Waals surface area contributed by atoms with Crippen molar-refractivity contribution in [2.45, 2.75) is 19.3 Å². The van der Waals surface area contributed by atoms with Crippen LogP contribution in [-0.2, 0) is 4.79 Å². The molecule has 0 bridgehead atoms. The van der Waals surface area contributed by atoms with E-state index < -0.39 is 0 Å². The minimum Gasteiger partial charge on any atom is -0.309 e. The monoisotopic (exact) mass is 123 g/mol. The van der Waals surface area contributed by atoms with Crippen LogP contribution >= 0.6 is 0 Å². The maximum Gasteiger partial charge on any atom is 0.272 e. The Morgan fingerprint density at radius 1 is 1.67 bits per heavy atom. The highest BCUT2D eigenvalue weighted by Crippen LogP contribution is 2.32. The van der Waals surface area contributed by atoms with E-state index in [-0.39, 0.29) is 12.3 Å². The summed E-state index contributed by atoms with van der Waals surface area (Å²) < 4.78 is 0. The second-order valence-corrected chi connectivity index (χ2v) is 2.50. The molecule has 2 heteroatoms. The predicted molar refractivity (Wildman–Crippen MR) is 33.8 cm³/mol. The highest BCUT2D eigenvalue weighted by Gasteiger charge is 2.24. The topological polar surface area (TPSA) is 21.4 Å². The summed E-state index contributed by atoms with van der Waals surface area (Å²) in [6, 6.07) is 0. The molecule has 0 radical (unpaired) electrons. The Hall–Kier alpha value is -0.840. The maximum absolute atomic E-state index is 10.7. The minimum absolute atomic E-state index is 0.0938. The predicted octanol–water partition coefficient (Wildman–Crippen LogP) is 1.27. The molecule has 0 amide bonds. The van der Waals surface area contributed by atoms with Gasteiger partial charge < -0.3 is 4.85 Å². The Bertz CT molecular complexity index is 153. The lowest BCUT2D eigenvalue weighted by Crippen LogP contribution is -2.00. The molecule has 0 aromatic carbocycles. The SMILES string of the molecule is [C-]#[N+]CC(=O)CC1CC1. The van der Waals surface area contributed by atoms with Gasteiger partial charge in [-0.3, -0.25) is 4.79 Å². The van der Waals surface area contributed by atoms with E-state index in [1.54, 1.807) is 0 Å². The Kier molecular flexibility index (Phi) is 1.84. The van der Waals surface area contributed by atoms with E-state index in [4.69, 9.17) is 6.57 Å². The van der Waals surface area contributed by atoms with Gasteiger partial charge >= 0.3 is 0 Å². The number of ketones is 1. The second kappa shape index (κ2) is 2.63. The molecular formula is C7H9NO. The molecule has 9 heavy (non-hydrogen) atoms. The first-order valence-corrected chi connectivity index (χ1v) is 3.18. The number of hydrogen-bond donors (Lipinski definition) is 0. The molecule has 0 spiro atoms. The van der Waals surface area contributed by atoms with Gasteiger partial charge in [-0.25, -0.2) is 6.57 Å². The third kappa shape index (κ3) is 2.27. The molecule has 0 unspecified atom stereocenters. The van der Waals surface area contributed by atoms with Crippen LogP contribution in [-0.4, -0.2) is 12.3 Å². The van der Waals surface area contributed by atoms with Gasteiger partial charge in [-0.1, -0.05) is 0 Å². The number of carbonyl (C=O) groups is 1. The van der Waals surface area contributed by atoms with Crippen LogP contribution in [0.2, 0.25) is 0 Å². The largest absolute Gasteiger partial charge is 0.309 e. The molecule has 0 N–H and O–H groups in total. The summed E-state index contributed by atoms with van der Waals surface area (Å²) in [6.45, 7) is 6.50. The van der Waals surface area contributed by atoms with E-state index >= 15 is 0 Å². The normalized spacial score (nSPS) is 16.8. The molecule has 1 saturated carbocycles.